The summed E-state index contributed by atoms with van der Waals surface area (Å²) in [7, 11) is 2.18. The molecule has 1 aliphatic heterocycles. The molecule has 0 saturated carbocycles. The van der Waals surface area contributed by atoms with Gasteiger partial charge in [-0.25, -0.2) is 0 Å². The Labute approximate surface area is 99.5 Å². The van der Waals surface area contributed by atoms with E-state index in [0.29, 0.717) is 5.41 Å². The summed E-state index contributed by atoms with van der Waals surface area (Å²) < 4.78 is 0. The summed E-state index contributed by atoms with van der Waals surface area (Å²) in [6.07, 6.45) is 3.65. The highest BCUT2D eigenvalue weighted by molar-refractivity contribution is 5.59. The van der Waals surface area contributed by atoms with Crippen molar-refractivity contribution in [2.75, 3.05) is 18.5 Å². The van der Waals surface area contributed by atoms with Gasteiger partial charge in [-0.1, -0.05) is 32.9 Å². The van der Waals surface area contributed by atoms with Gasteiger partial charge >= 0.3 is 0 Å². The zero-order valence-corrected chi connectivity index (χ0v) is 11.0. The Balaban J connectivity index is 2.38. The molecule has 1 aliphatic rings. The minimum Gasteiger partial charge on any atom is -0.374 e. The summed E-state index contributed by atoms with van der Waals surface area (Å²) in [5.41, 5.74) is 4.84. The van der Waals surface area contributed by atoms with Gasteiger partial charge in [-0.05, 0) is 41.9 Å². The van der Waals surface area contributed by atoms with Gasteiger partial charge in [0.25, 0.3) is 0 Å². The fourth-order valence-electron chi connectivity index (χ4n) is 2.60. The van der Waals surface area contributed by atoms with Gasteiger partial charge in [0.1, 0.15) is 0 Å². The second-order valence-electron chi connectivity index (χ2n) is 5.28. The van der Waals surface area contributed by atoms with Crippen molar-refractivity contribution in [1.29, 1.82) is 0 Å². The molecule has 0 bridgehead atoms. The molecule has 1 heteroatoms. The average Bonchev–Trinajstić information content (AvgIpc) is 2.69. The van der Waals surface area contributed by atoms with Crippen LogP contribution in [0.25, 0.3) is 0 Å². The second-order valence-corrected chi connectivity index (χ2v) is 5.28. The largest absolute Gasteiger partial charge is 0.374 e. The van der Waals surface area contributed by atoms with Crippen LogP contribution in [0.1, 0.15) is 44.7 Å². The topological polar surface area (TPSA) is 3.24 Å². The van der Waals surface area contributed by atoms with Crippen molar-refractivity contribution in [3.05, 3.63) is 29.3 Å². The molecule has 2 rings (SSSR count). The van der Waals surface area contributed by atoms with Gasteiger partial charge in [0, 0.05) is 19.3 Å². The van der Waals surface area contributed by atoms with Crippen molar-refractivity contribution in [1.82, 2.24) is 0 Å². The Morgan fingerprint density at radius 3 is 2.56 bits per heavy atom. The first kappa shape index (κ1) is 11.5. The van der Waals surface area contributed by atoms with Gasteiger partial charge in [0.05, 0.1) is 0 Å². The van der Waals surface area contributed by atoms with Crippen LogP contribution < -0.4 is 4.90 Å². The molecule has 1 aromatic rings. The van der Waals surface area contributed by atoms with Crippen molar-refractivity contribution in [3.8, 4) is 0 Å². The number of fused-ring (bicyclic) bond motifs is 1. The Morgan fingerprint density at radius 2 is 1.94 bits per heavy atom. The van der Waals surface area contributed by atoms with Crippen LogP contribution in [0, 0.1) is 0 Å². The van der Waals surface area contributed by atoms with Gasteiger partial charge in [-0.3, -0.25) is 0 Å². The van der Waals surface area contributed by atoms with Crippen LogP contribution in [0.2, 0.25) is 0 Å². The molecule has 1 aromatic carbocycles. The molecule has 0 fully saturated rings. The number of hydrogen-bond donors (Lipinski definition) is 0. The molecule has 0 atom stereocenters. The summed E-state index contributed by atoms with van der Waals surface area (Å²) in [5, 5.41) is 0. The minimum absolute atomic E-state index is 0.357. The smallest absolute Gasteiger partial charge is 0.0397 e. The van der Waals surface area contributed by atoms with Crippen LogP contribution in [0.5, 0.6) is 0 Å². The zero-order chi connectivity index (χ0) is 11.8. The first-order valence-corrected chi connectivity index (χ1v) is 6.45. The summed E-state index contributed by atoms with van der Waals surface area (Å²) in [5.74, 6) is 0. The summed E-state index contributed by atoms with van der Waals surface area (Å²) in [6.45, 7) is 8.15. The van der Waals surface area contributed by atoms with Crippen molar-refractivity contribution in [3.63, 3.8) is 0 Å². The first-order chi connectivity index (χ1) is 7.60. The molecule has 0 N–H and O–H groups in total. The highest BCUT2D eigenvalue weighted by Gasteiger charge is 2.24. The fourth-order valence-corrected chi connectivity index (χ4v) is 2.60. The van der Waals surface area contributed by atoms with Crippen LogP contribution in [0.15, 0.2) is 18.2 Å². The van der Waals surface area contributed by atoms with Crippen molar-refractivity contribution in [2.45, 2.75) is 45.4 Å². The van der Waals surface area contributed by atoms with E-state index in [2.05, 4.69) is 50.9 Å². The lowest BCUT2D eigenvalue weighted by molar-refractivity contribution is 0.438. The third-order valence-corrected chi connectivity index (χ3v) is 4.46. The lowest BCUT2D eigenvalue weighted by atomic mass is 9.77. The third-order valence-electron chi connectivity index (χ3n) is 4.46. The van der Waals surface area contributed by atoms with Gasteiger partial charge < -0.3 is 4.90 Å². The van der Waals surface area contributed by atoms with E-state index in [1.807, 2.05) is 0 Å². The fraction of sp³-hybridized carbons (Fsp3) is 0.600. The van der Waals surface area contributed by atoms with E-state index >= 15 is 0 Å². The van der Waals surface area contributed by atoms with Crippen LogP contribution in [0.4, 0.5) is 5.69 Å². The normalized spacial score (nSPS) is 15.4. The van der Waals surface area contributed by atoms with E-state index in [1.165, 1.54) is 42.6 Å². The van der Waals surface area contributed by atoms with Gasteiger partial charge in [-0.15, -0.1) is 0 Å². The predicted octanol–water partition coefficient (Wildman–Crippen LogP) is 3.76. The second kappa shape index (κ2) is 4.12. The Kier molecular flexibility index (Phi) is 2.96. The van der Waals surface area contributed by atoms with Crippen LogP contribution in [0.3, 0.4) is 0 Å². The van der Waals surface area contributed by atoms with E-state index in [9.17, 15) is 0 Å². The molecular weight excluding hydrogens is 194 g/mol. The summed E-state index contributed by atoms with van der Waals surface area (Å²) in [4.78, 5) is 2.36. The van der Waals surface area contributed by atoms with E-state index in [4.69, 9.17) is 0 Å². The number of benzene rings is 1. The highest BCUT2D eigenvalue weighted by Crippen LogP contribution is 2.35. The molecule has 0 radical (unpaired) electrons. The molecule has 16 heavy (non-hydrogen) atoms. The predicted molar refractivity (Wildman–Crippen MR) is 71.4 cm³/mol. The third kappa shape index (κ3) is 1.73. The maximum Gasteiger partial charge on any atom is 0.0397 e. The molecule has 0 saturated heterocycles. The lowest BCUT2D eigenvalue weighted by Crippen LogP contribution is -2.19. The number of nitrogens with zero attached hydrogens (tertiary/aromatic N) is 1. The molecule has 0 aromatic heterocycles. The quantitative estimate of drug-likeness (QED) is 0.745. The van der Waals surface area contributed by atoms with E-state index < -0.39 is 0 Å². The summed E-state index contributed by atoms with van der Waals surface area (Å²) >= 11 is 0. The first-order valence-electron chi connectivity index (χ1n) is 6.45. The van der Waals surface area contributed by atoms with Crippen LogP contribution >= 0.6 is 0 Å². The molecule has 0 unspecified atom stereocenters. The molecular formula is C15H23N. The number of rotatable bonds is 3. The van der Waals surface area contributed by atoms with E-state index in [1.54, 1.807) is 0 Å². The highest BCUT2D eigenvalue weighted by atomic mass is 15.1. The molecule has 88 valence electrons. The molecule has 0 spiro atoms. The maximum atomic E-state index is 2.44. The Morgan fingerprint density at radius 1 is 1.25 bits per heavy atom. The molecule has 0 aliphatic carbocycles. The summed E-state index contributed by atoms with van der Waals surface area (Å²) in [6, 6.07) is 7.07. The van der Waals surface area contributed by atoms with E-state index in [0.717, 1.165) is 0 Å². The van der Waals surface area contributed by atoms with Gasteiger partial charge in [0.2, 0.25) is 0 Å². The van der Waals surface area contributed by atoms with Crippen molar-refractivity contribution >= 4 is 5.69 Å². The van der Waals surface area contributed by atoms with Gasteiger partial charge in [0.15, 0.2) is 0 Å². The number of likely N-dealkylation sites (N-methyl/N-ethyl adjacent to an activating group) is 1. The number of hydrogen-bond acceptors (Lipinski definition) is 1. The molecule has 1 heterocycles. The standard InChI is InChI=1S/C15H23N/c1-5-15(3,6-2)13-7-8-14-12(11-13)9-10-16(14)4/h7-8,11H,5-6,9-10H2,1-4H3. The lowest BCUT2D eigenvalue weighted by Gasteiger charge is -2.28. The minimum atomic E-state index is 0.357. The van der Waals surface area contributed by atoms with E-state index in [-0.39, 0.29) is 0 Å². The maximum absolute atomic E-state index is 2.44. The monoisotopic (exact) mass is 217 g/mol. The molecule has 0 amide bonds. The molecule has 1 nitrogen and oxygen atoms in total. The number of anilines is 1. The van der Waals surface area contributed by atoms with Crippen molar-refractivity contribution in [2.24, 2.45) is 0 Å². The Bertz CT molecular complexity index is 377. The van der Waals surface area contributed by atoms with Crippen LogP contribution in [-0.4, -0.2) is 13.6 Å². The zero-order valence-electron chi connectivity index (χ0n) is 11.0. The van der Waals surface area contributed by atoms with Crippen LogP contribution in [-0.2, 0) is 11.8 Å². The SMILES string of the molecule is CCC(C)(CC)c1ccc2c(c1)CCN2C. The van der Waals surface area contributed by atoms with Gasteiger partial charge in [-0.2, -0.15) is 0 Å². The van der Waals surface area contributed by atoms with Crippen molar-refractivity contribution < 1.29 is 0 Å². The Hall–Kier alpha value is -0.980. The average molecular weight is 217 g/mol.